The Morgan fingerprint density at radius 2 is 0.408 bits per heavy atom. The second-order valence-corrected chi connectivity index (χ2v) is 31.4. The summed E-state index contributed by atoms with van der Waals surface area (Å²) in [6.07, 6.45) is 66.0. The van der Waals surface area contributed by atoms with Crippen LogP contribution in [0.5, 0.6) is 0 Å². The standard InChI is InChI=1S/C79H154O17P2/c1-5-9-13-17-21-23-25-27-29-31-33-35-37-39-41-43-45-47-49-53-56-60-64-77(82)90-70-75(96-79(84)66-62-58-54-50-48-46-44-42-40-38-36-34-32-30-28-26-24-22-18-14-10-6-2)72-94-98(87,88)92-68-73(80)67-91-97(85,86)93-71-74(95-78(83)65-61-57-52-20-16-12-8-4)69-89-76(81)63-59-55-51-19-15-11-7-3/h73-75,80H,5-72H2,1-4H3,(H,85,86)(H,87,88)/t73-,74+,75+/m0/s1. The first kappa shape index (κ1) is 96.1. The van der Waals surface area contributed by atoms with Crippen molar-refractivity contribution in [2.45, 2.75) is 444 Å². The predicted molar refractivity (Wildman–Crippen MR) is 400 cm³/mol. The summed E-state index contributed by atoms with van der Waals surface area (Å²) in [5, 5.41) is 10.6. The molecule has 98 heavy (non-hydrogen) atoms. The Hall–Kier alpha value is -1.94. The lowest BCUT2D eigenvalue weighted by molar-refractivity contribution is -0.161. The Morgan fingerprint density at radius 3 is 0.602 bits per heavy atom. The van der Waals surface area contributed by atoms with E-state index >= 15 is 0 Å². The van der Waals surface area contributed by atoms with Crippen LogP contribution < -0.4 is 0 Å². The van der Waals surface area contributed by atoms with Crippen LogP contribution in [0.4, 0.5) is 0 Å². The van der Waals surface area contributed by atoms with Crippen molar-refractivity contribution < 1.29 is 80.2 Å². The van der Waals surface area contributed by atoms with E-state index in [1.807, 2.05) is 0 Å². The summed E-state index contributed by atoms with van der Waals surface area (Å²) < 4.78 is 68.3. The van der Waals surface area contributed by atoms with E-state index < -0.39 is 97.5 Å². The summed E-state index contributed by atoms with van der Waals surface area (Å²) in [5.41, 5.74) is 0. The van der Waals surface area contributed by atoms with Crippen LogP contribution in [0, 0.1) is 0 Å². The van der Waals surface area contributed by atoms with Crippen molar-refractivity contribution in [2.24, 2.45) is 0 Å². The van der Waals surface area contributed by atoms with Crippen LogP contribution in [-0.4, -0.2) is 96.7 Å². The molecule has 582 valence electrons. The van der Waals surface area contributed by atoms with E-state index in [1.165, 1.54) is 231 Å². The highest BCUT2D eigenvalue weighted by Gasteiger charge is 2.30. The van der Waals surface area contributed by atoms with E-state index in [9.17, 15) is 43.2 Å². The van der Waals surface area contributed by atoms with Crippen molar-refractivity contribution in [3.8, 4) is 0 Å². The second kappa shape index (κ2) is 73.4. The molecule has 0 saturated heterocycles. The molecule has 0 aliphatic heterocycles. The molecule has 0 aliphatic carbocycles. The highest BCUT2D eigenvalue weighted by Crippen LogP contribution is 2.45. The topological polar surface area (TPSA) is 237 Å². The van der Waals surface area contributed by atoms with E-state index in [0.29, 0.717) is 25.7 Å². The summed E-state index contributed by atoms with van der Waals surface area (Å²) in [5.74, 6) is -2.12. The number of carbonyl (C=O) groups is 4. The van der Waals surface area contributed by atoms with E-state index in [2.05, 4.69) is 27.7 Å². The van der Waals surface area contributed by atoms with Crippen LogP contribution in [-0.2, 0) is 65.4 Å². The third kappa shape index (κ3) is 72.4. The zero-order chi connectivity index (χ0) is 71.8. The van der Waals surface area contributed by atoms with Crippen molar-refractivity contribution in [2.75, 3.05) is 39.6 Å². The maximum atomic E-state index is 13.1. The van der Waals surface area contributed by atoms with Gasteiger partial charge in [-0.3, -0.25) is 37.3 Å². The van der Waals surface area contributed by atoms with Crippen LogP contribution in [0.15, 0.2) is 0 Å². The smallest absolute Gasteiger partial charge is 0.462 e. The van der Waals surface area contributed by atoms with Gasteiger partial charge in [-0.1, -0.05) is 374 Å². The Kier molecular flexibility index (Phi) is 71.9. The Labute approximate surface area is 600 Å². The number of hydrogen-bond acceptors (Lipinski definition) is 15. The maximum Gasteiger partial charge on any atom is 0.472 e. The van der Waals surface area contributed by atoms with Gasteiger partial charge in [0.15, 0.2) is 12.2 Å². The van der Waals surface area contributed by atoms with Gasteiger partial charge in [-0.15, -0.1) is 0 Å². The van der Waals surface area contributed by atoms with Crippen LogP contribution in [0.25, 0.3) is 0 Å². The second-order valence-electron chi connectivity index (χ2n) is 28.5. The molecule has 0 rings (SSSR count). The molecule has 0 fully saturated rings. The molecular formula is C79H154O17P2. The number of aliphatic hydroxyl groups is 1. The number of aliphatic hydroxyl groups excluding tert-OH is 1. The average molecular weight is 1440 g/mol. The van der Waals surface area contributed by atoms with Gasteiger partial charge >= 0.3 is 39.5 Å². The summed E-state index contributed by atoms with van der Waals surface area (Å²) in [6.45, 7) is 4.90. The van der Waals surface area contributed by atoms with E-state index in [1.54, 1.807) is 0 Å². The molecule has 5 atom stereocenters. The number of esters is 4. The van der Waals surface area contributed by atoms with Crippen LogP contribution in [0.3, 0.4) is 0 Å². The van der Waals surface area contributed by atoms with E-state index in [-0.39, 0.29) is 25.7 Å². The number of hydrogen-bond donors (Lipinski definition) is 3. The molecule has 0 heterocycles. The third-order valence-corrected chi connectivity index (χ3v) is 20.5. The number of unbranched alkanes of at least 4 members (excludes halogenated alkanes) is 54. The molecule has 0 aliphatic rings. The lowest BCUT2D eigenvalue weighted by atomic mass is 10.0. The minimum atomic E-state index is -4.96. The van der Waals surface area contributed by atoms with Gasteiger partial charge in [-0.25, -0.2) is 9.13 Å². The highest BCUT2D eigenvalue weighted by atomic mass is 31.2. The normalized spacial score (nSPS) is 13.8. The van der Waals surface area contributed by atoms with Crippen LogP contribution >= 0.6 is 15.6 Å². The van der Waals surface area contributed by atoms with Crippen LogP contribution in [0.2, 0.25) is 0 Å². The monoisotopic (exact) mass is 1440 g/mol. The number of ether oxygens (including phenoxy) is 4. The lowest BCUT2D eigenvalue weighted by Crippen LogP contribution is -2.30. The van der Waals surface area contributed by atoms with Crippen molar-refractivity contribution in [1.82, 2.24) is 0 Å². The molecule has 0 aromatic rings. The maximum absolute atomic E-state index is 13.1. The molecule has 0 aromatic heterocycles. The summed E-state index contributed by atoms with van der Waals surface area (Å²) in [6, 6.07) is 0. The van der Waals surface area contributed by atoms with Gasteiger partial charge in [0.25, 0.3) is 0 Å². The van der Waals surface area contributed by atoms with Crippen LogP contribution in [0.1, 0.15) is 426 Å². The van der Waals surface area contributed by atoms with Gasteiger partial charge in [0.1, 0.15) is 19.3 Å². The number of phosphoric acid groups is 2. The Morgan fingerprint density at radius 1 is 0.245 bits per heavy atom. The van der Waals surface area contributed by atoms with Gasteiger partial charge < -0.3 is 33.8 Å². The molecular weight excluding hydrogens is 1280 g/mol. The molecule has 0 saturated carbocycles. The van der Waals surface area contributed by atoms with E-state index in [0.717, 1.165) is 116 Å². The SMILES string of the molecule is CCCCCCCCCCCCCCCCCCCCCCCCC(=O)OC[C@H](COP(=O)(O)OC[C@@H](O)COP(=O)(O)OC[C@@H](COC(=O)CCCCCCCCC)OC(=O)CCCCCCCCC)OC(=O)CCCCCCCCCCCCCCCCCCCCCCCC. The number of phosphoric ester groups is 2. The first-order valence-corrected chi connectivity index (χ1v) is 44.3. The first-order chi connectivity index (χ1) is 47.7. The van der Waals surface area contributed by atoms with E-state index in [4.69, 9.17) is 37.0 Å². The fourth-order valence-electron chi connectivity index (χ4n) is 12.3. The average Bonchev–Trinajstić information content (AvgIpc) is 1.25. The van der Waals surface area contributed by atoms with Crippen molar-refractivity contribution in [3.63, 3.8) is 0 Å². The summed E-state index contributed by atoms with van der Waals surface area (Å²) >= 11 is 0. The Bertz CT molecular complexity index is 1860. The van der Waals surface area contributed by atoms with Gasteiger partial charge in [0.05, 0.1) is 26.4 Å². The van der Waals surface area contributed by atoms with Gasteiger partial charge in [0.2, 0.25) is 0 Å². The molecule has 0 aromatic carbocycles. The van der Waals surface area contributed by atoms with Gasteiger partial charge in [-0.05, 0) is 25.7 Å². The molecule has 0 amide bonds. The summed E-state index contributed by atoms with van der Waals surface area (Å²) in [4.78, 5) is 72.5. The minimum Gasteiger partial charge on any atom is -0.462 e. The van der Waals surface area contributed by atoms with Gasteiger partial charge in [-0.2, -0.15) is 0 Å². The first-order valence-electron chi connectivity index (χ1n) is 41.3. The Balaban J connectivity index is 5.06. The number of carbonyl (C=O) groups excluding carboxylic acids is 4. The van der Waals surface area contributed by atoms with Crippen molar-refractivity contribution in [1.29, 1.82) is 0 Å². The zero-order valence-corrected chi connectivity index (χ0v) is 65.6. The molecule has 0 radical (unpaired) electrons. The minimum absolute atomic E-state index is 0.104. The zero-order valence-electron chi connectivity index (χ0n) is 63.8. The molecule has 17 nitrogen and oxygen atoms in total. The molecule has 0 bridgehead atoms. The number of rotatable bonds is 80. The molecule has 19 heteroatoms. The summed E-state index contributed by atoms with van der Waals surface area (Å²) in [7, 11) is -9.90. The fraction of sp³-hybridized carbons (Fsp3) is 0.949. The third-order valence-electron chi connectivity index (χ3n) is 18.6. The molecule has 0 spiro atoms. The van der Waals surface area contributed by atoms with Crippen molar-refractivity contribution >= 4 is 39.5 Å². The molecule has 3 N–H and O–H groups in total. The predicted octanol–water partition coefficient (Wildman–Crippen LogP) is 23.8. The fourth-order valence-corrected chi connectivity index (χ4v) is 13.9. The quantitative estimate of drug-likeness (QED) is 0.0222. The van der Waals surface area contributed by atoms with Gasteiger partial charge in [0, 0.05) is 25.7 Å². The molecule has 2 unspecified atom stereocenters. The largest absolute Gasteiger partial charge is 0.472 e. The highest BCUT2D eigenvalue weighted by molar-refractivity contribution is 7.47. The lowest BCUT2D eigenvalue weighted by Gasteiger charge is -2.21. The van der Waals surface area contributed by atoms with Crippen molar-refractivity contribution in [3.05, 3.63) is 0 Å².